The molecule has 1 heterocycles. The number of aliphatic hydroxyl groups is 1. The van der Waals surface area contributed by atoms with Crippen molar-refractivity contribution in [2.75, 3.05) is 13.2 Å². The van der Waals surface area contributed by atoms with Crippen molar-refractivity contribution >= 4 is 10.9 Å². The largest absolute Gasteiger partial charge is 0.511 e. The second kappa shape index (κ2) is 6.65. The second-order valence-electron chi connectivity index (χ2n) is 4.48. The van der Waals surface area contributed by atoms with Crippen molar-refractivity contribution in [2.45, 2.75) is 13.3 Å². The molecule has 0 spiro atoms. The van der Waals surface area contributed by atoms with Gasteiger partial charge in [0, 0.05) is 24.2 Å². The number of hydrogen-bond acceptors (Lipinski definition) is 4. The minimum atomic E-state index is -0.140. The number of pyridine rings is 1. The van der Waals surface area contributed by atoms with Gasteiger partial charge in [-0.3, -0.25) is 4.79 Å². The third-order valence-electron chi connectivity index (χ3n) is 2.75. The Labute approximate surface area is 116 Å². The van der Waals surface area contributed by atoms with Crippen LogP contribution in [0.2, 0.25) is 0 Å². The lowest BCUT2D eigenvalue weighted by Crippen LogP contribution is -2.12. The van der Waals surface area contributed by atoms with Crippen LogP contribution >= 0.6 is 0 Å². The molecule has 0 saturated carbocycles. The van der Waals surface area contributed by atoms with Crippen molar-refractivity contribution in [2.24, 2.45) is 0 Å². The van der Waals surface area contributed by atoms with Crippen LogP contribution in [0.5, 0.6) is 5.75 Å². The Morgan fingerprint density at radius 1 is 1.40 bits per heavy atom. The van der Waals surface area contributed by atoms with E-state index in [1.54, 1.807) is 19.2 Å². The van der Waals surface area contributed by atoms with Gasteiger partial charge in [0.15, 0.2) is 0 Å². The summed E-state index contributed by atoms with van der Waals surface area (Å²) in [4.78, 5) is 14.1. The minimum absolute atomic E-state index is 0.140. The molecule has 2 aromatic rings. The van der Waals surface area contributed by atoms with Gasteiger partial charge < -0.3 is 20.1 Å². The van der Waals surface area contributed by atoms with E-state index < -0.39 is 0 Å². The van der Waals surface area contributed by atoms with Crippen molar-refractivity contribution in [1.82, 2.24) is 10.3 Å². The van der Waals surface area contributed by atoms with Crippen LogP contribution in [0.1, 0.15) is 13.3 Å². The van der Waals surface area contributed by atoms with Gasteiger partial charge in [0.1, 0.15) is 11.5 Å². The average Bonchev–Trinajstić information content (AvgIpc) is 2.42. The molecule has 0 atom stereocenters. The van der Waals surface area contributed by atoms with Crippen LogP contribution in [-0.2, 0) is 0 Å². The number of para-hydroxylation sites is 1. The van der Waals surface area contributed by atoms with Gasteiger partial charge in [-0.25, -0.2) is 0 Å². The second-order valence-corrected chi connectivity index (χ2v) is 4.48. The molecule has 0 amide bonds. The molecule has 3 N–H and O–H groups in total. The lowest BCUT2D eigenvalue weighted by Gasteiger charge is -2.09. The molecule has 1 aromatic carbocycles. The van der Waals surface area contributed by atoms with Crippen molar-refractivity contribution < 1.29 is 9.84 Å². The number of hydrogen-bond donors (Lipinski definition) is 3. The van der Waals surface area contributed by atoms with Crippen molar-refractivity contribution in [3.8, 4) is 5.75 Å². The minimum Gasteiger partial charge on any atom is -0.511 e. The summed E-state index contributed by atoms with van der Waals surface area (Å²) in [6, 6.07) is 8.93. The highest BCUT2D eigenvalue weighted by atomic mass is 16.5. The number of H-pyrrole nitrogens is 1. The number of rotatable bonds is 6. The zero-order valence-electron chi connectivity index (χ0n) is 11.3. The predicted octanol–water partition coefficient (Wildman–Crippen LogP) is 2.31. The summed E-state index contributed by atoms with van der Waals surface area (Å²) >= 11 is 0. The van der Waals surface area contributed by atoms with E-state index in [0.717, 1.165) is 17.3 Å². The lowest BCUT2D eigenvalue weighted by atomic mass is 10.2. The van der Waals surface area contributed by atoms with Gasteiger partial charge in [-0.05, 0) is 25.5 Å². The van der Waals surface area contributed by atoms with Gasteiger partial charge in [0.2, 0.25) is 5.56 Å². The number of fused-ring (bicyclic) bond motifs is 1. The van der Waals surface area contributed by atoms with E-state index in [0.29, 0.717) is 18.9 Å². The number of allylic oxidation sites excluding steroid dienone is 1. The Kier molecular flexibility index (Phi) is 4.65. The molecule has 0 aliphatic carbocycles. The molecule has 0 aliphatic rings. The molecular weight excluding hydrogens is 256 g/mol. The quantitative estimate of drug-likeness (QED) is 0.558. The maximum atomic E-state index is 11.4. The van der Waals surface area contributed by atoms with E-state index in [4.69, 9.17) is 9.84 Å². The van der Waals surface area contributed by atoms with Crippen LogP contribution in [0.4, 0.5) is 0 Å². The maximum Gasteiger partial charge on any atom is 0.248 e. The predicted molar refractivity (Wildman–Crippen MR) is 79.1 cm³/mol. The molecule has 0 aliphatic heterocycles. The molecule has 0 bridgehead atoms. The fourth-order valence-electron chi connectivity index (χ4n) is 1.85. The van der Waals surface area contributed by atoms with Crippen LogP contribution in [0, 0.1) is 0 Å². The third kappa shape index (κ3) is 3.78. The van der Waals surface area contributed by atoms with E-state index in [2.05, 4.69) is 10.3 Å². The number of aliphatic hydroxyl groups excluding tert-OH is 1. The Hall–Kier alpha value is -2.43. The van der Waals surface area contributed by atoms with Gasteiger partial charge in [-0.1, -0.05) is 12.1 Å². The highest BCUT2D eigenvalue weighted by Gasteiger charge is 2.02. The molecule has 2 rings (SSSR count). The fourth-order valence-corrected chi connectivity index (χ4v) is 1.85. The number of benzene rings is 1. The maximum absolute atomic E-state index is 11.4. The number of aromatic nitrogens is 1. The monoisotopic (exact) mass is 274 g/mol. The van der Waals surface area contributed by atoms with E-state index in [1.807, 2.05) is 18.2 Å². The normalized spacial score (nSPS) is 11.6. The summed E-state index contributed by atoms with van der Waals surface area (Å²) in [5.41, 5.74) is 0.581. The van der Waals surface area contributed by atoms with Gasteiger partial charge in [-0.15, -0.1) is 0 Å². The van der Waals surface area contributed by atoms with Crippen molar-refractivity contribution in [3.05, 3.63) is 52.6 Å². The molecule has 0 fully saturated rings. The number of nitrogens with one attached hydrogen (secondary N) is 2. The Bertz CT molecular complexity index is 657. The van der Waals surface area contributed by atoms with Crippen LogP contribution in [-0.4, -0.2) is 23.2 Å². The van der Waals surface area contributed by atoms with Crippen LogP contribution < -0.4 is 15.6 Å². The third-order valence-corrected chi connectivity index (χ3v) is 2.75. The number of ether oxygens (including phenoxy) is 1. The van der Waals surface area contributed by atoms with Gasteiger partial charge in [0.25, 0.3) is 0 Å². The first kappa shape index (κ1) is 14.0. The SMILES string of the molecule is CC(O)=CNCCCOc1cccc2ccc(=O)[nH]c12. The molecule has 1 aromatic heterocycles. The standard InChI is InChI=1S/C15H18N2O3/c1-11(18)10-16-8-3-9-20-13-5-2-4-12-6-7-14(19)17-15(12)13/h2,4-7,10,16,18H,3,8-9H2,1H3,(H,17,19). The van der Waals surface area contributed by atoms with Crippen molar-refractivity contribution in [1.29, 1.82) is 0 Å². The summed E-state index contributed by atoms with van der Waals surface area (Å²) in [6.07, 6.45) is 2.34. The molecule has 0 radical (unpaired) electrons. The molecule has 20 heavy (non-hydrogen) atoms. The fraction of sp³-hybridized carbons (Fsp3) is 0.267. The molecule has 0 saturated heterocycles. The first-order valence-corrected chi connectivity index (χ1v) is 6.51. The van der Waals surface area contributed by atoms with Gasteiger partial charge in [-0.2, -0.15) is 0 Å². The molecular formula is C15H18N2O3. The van der Waals surface area contributed by atoms with Crippen molar-refractivity contribution in [3.63, 3.8) is 0 Å². The Morgan fingerprint density at radius 3 is 3.05 bits per heavy atom. The zero-order chi connectivity index (χ0) is 14.4. The highest BCUT2D eigenvalue weighted by Crippen LogP contribution is 2.21. The summed E-state index contributed by atoms with van der Waals surface area (Å²) in [5, 5.41) is 12.9. The van der Waals surface area contributed by atoms with Crippen LogP contribution in [0.15, 0.2) is 47.1 Å². The van der Waals surface area contributed by atoms with Crippen LogP contribution in [0.3, 0.4) is 0 Å². The molecule has 106 valence electrons. The lowest BCUT2D eigenvalue weighted by molar-refractivity contribution is 0.313. The molecule has 0 unspecified atom stereocenters. The van der Waals surface area contributed by atoms with E-state index >= 15 is 0 Å². The Balaban J connectivity index is 1.95. The van der Waals surface area contributed by atoms with Gasteiger partial charge in [0.05, 0.1) is 12.1 Å². The van der Waals surface area contributed by atoms with E-state index in [1.165, 1.54) is 6.07 Å². The molecule has 5 nitrogen and oxygen atoms in total. The topological polar surface area (TPSA) is 74.3 Å². The summed E-state index contributed by atoms with van der Waals surface area (Å²) < 4.78 is 5.69. The summed E-state index contributed by atoms with van der Waals surface area (Å²) in [5.74, 6) is 0.923. The molecule has 5 heteroatoms. The summed E-state index contributed by atoms with van der Waals surface area (Å²) in [7, 11) is 0. The first-order chi connectivity index (χ1) is 9.66. The van der Waals surface area contributed by atoms with Gasteiger partial charge >= 0.3 is 0 Å². The summed E-state index contributed by atoms with van der Waals surface area (Å²) in [6.45, 7) is 2.84. The zero-order valence-corrected chi connectivity index (χ0v) is 11.3. The van der Waals surface area contributed by atoms with Crippen LogP contribution in [0.25, 0.3) is 10.9 Å². The highest BCUT2D eigenvalue weighted by molar-refractivity contribution is 5.84. The number of aromatic amines is 1. The first-order valence-electron chi connectivity index (χ1n) is 6.51. The Morgan fingerprint density at radius 2 is 2.25 bits per heavy atom. The average molecular weight is 274 g/mol. The van der Waals surface area contributed by atoms with E-state index in [-0.39, 0.29) is 11.3 Å². The smallest absolute Gasteiger partial charge is 0.248 e. The van der Waals surface area contributed by atoms with E-state index in [9.17, 15) is 4.79 Å².